The molecular formula is C15H20ClN3O. The maximum absolute atomic E-state index is 11.5. The van der Waals surface area contributed by atoms with Gasteiger partial charge in [0.05, 0.1) is 16.3 Å². The van der Waals surface area contributed by atoms with Crippen LogP contribution in [0.2, 0.25) is 5.02 Å². The topological polar surface area (TPSA) is 81.1 Å². The first-order valence-electron chi connectivity index (χ1n) is 7.17. The van der Waals surface area contributed by atoms with Gasteiger partial charge in [0.1, 0.15) is 0 Å². The van der Waals surface area contributed by atoms with E-state index in [1.807, 2.05) is 0 Å². The molecule has 2 fully saturated rings. The van der Waals surface area contributed by atoms with Gasteiger partial charge in [0.15, 0.2) is 0 Å². The van der Waals surface area contributed by atoms with Crippen molar-refractivity contribution in [3.63, 3.8) is 0 Å². The Labute approximate surface area is 123 Å². The lowest BCUT2D eigenvalue weighted by Crippen LogP contribution is -2.22. The molecule has 2 aliphatic carbocycles. The van der Waals surface area contributed by atoms with Crippen LogP contribution in [0.1, 0.15) is 36.0 Å². The third kappa shape index (κ3) is 2.44. The zero-order valence-electron chi connectivity index (χ0n) is 11.4. The molecule has 108 valence electrons. The molecule has 3 rings (SSSR count). The van der Waals surface area contributed by atoms with Crippen LogP contribution in [0.4, 0.5) is 11.4 Å². The lowest BCUT2D eigenvalue weighted by molar-refractivity contribution is 0.100. The van der Waals surface area contributed by atoms with E-state index in [-0.39, 0.29) is 0 Å². The summed E-state index contributed by atoms with van der Waals surface area (Å²) in [6, 6.07) is 3.23. The van der Waals surface area contributed by atoms with E-state index in [2.05, 4.69) is 5.32 Å². The molecule has 3 unspecified atom stereocenters. The number of benzene rings is 1. The van der Waals surface area contributed by atoms with Gasteiger partial charge in [-0.2, -0.15) is 0 Å². The van der Waals surface area contributed by atoms with Crippen molar-refractivity contribution in [3.05, 3.63) is 22.7 Å². The normalized spacial score (nSPS) is 27.8. The SMILES string of the molecule is NC(=O)c1cc(N)cc(Cl)c1NCC1CC2CCC1C2. The molecule has 20 heavy (non-hydrogen) atoms. The number of nitrogen functional groups attached to an aromatic ring is 1. The molecule has 4 nitrogen and oxygen atoms in total. The molecule has 0 aliphatic heterocycles. The van der Waals surface area contributed by atoms with Crippen LogP contribution in [0.5, 0.6) is 0 Å². The van der Waals surface area contributed by atoms with Crippen molar-refractivity contribution in [2.75, 3.05) is 17.6 Å². The van der Waals surface area contributed by atoms with Crippen molar-refractivity contribution in [3.8, 4) is 0 Å². The summed E-state index contributed by atoms with van der Waals surface area (Å²) in [5.74, 6) is 1.92. The second kappa shape index (κ2) is 5.17. The van der Waals surface area contributed by atoms with E-state index in [1.165, 1.54) is 25.7 Å². The van der Waals surface area contributed by atoms with Crippen LogP contribution in [0.15, 0.2) is 12.1 Å². The standard InChI is InChI=1S/C15H20ClN3O/c16-13-6-11(17)5-12(15(18)20)14(13)19-7-10-4-8-1-2-9(10)3-8/h5-6,8-10,19H,1-4,7,17H2,(H2,18,20). The van der Waals surface area contributed by atoms with Crippen LogP contribution in [-0.4, -0.2) is 12.5 Å². The van der Waals surface area contributed by atoms with Crippen LogP contribution in [0, 0.1) is 17.8 Å². The van der Waals surface area contributed by atoms with Gasteiger partial charge in [0.25, 0.3) is 5.91 Å². The van der Waals surface area contributed by atoms with Crippen molar-refractivity contribution in [2.45, 2.75) is 25.7 Å². The van der Waals surface area contributed by atoms with Crippen LogP contribution < -0.4 is 16.8 Å². The van der Waals surface area contributed by atoms with Crippen molar-refractivity contribution >= 4 is 28.9 Å². The molecule has 0 heterocycles. The Balaban J connectivity index is 1.75. The van der Waals surface area contributed by atoms with E-state index >= 15 is 0 Å². The summed E-state index contributed by atoms with van der Waals surface area (Å²) in [5.41, 5.74) is 12.6. The minimum absolute atomic E-state index is 0.373. The predicted molar refractivity (Wildman–Crippen MR) is 81.8 cm³/mol. The zero-order chi connectivity index (χ0) is 14.3. The fourth-order valence-corrected chi connectivity index (χ4v) is 4.16. The average molecular weight is 294 g/mol. The number of hydrogen-bond donors (Lipinski definition) is 3. The highest BCUT2D eigenvalue weighted by molar-refractivity contribution is 6.34. The Bertz CT molecular complexity index is 546. The van der Waals surface area contributed by atoms with Gasteiger partial charge >= 0.3 is 0 Å². The number of carbonyl (C=O) groups is 1. The monoisotopic (exact) mass is 293 g/mol. The summed E-state index contributed by atoms with van der Waals surface area (Å²) in [5, 5.41) is 3.79. The van der Waals surface area contributed by atoms with Crippen molar-refractivity contribution in [1.82, 2.24) is 0 Å². The molecule has 2 saturated carbocycles. The Morgan fingerprint density at radius 2 is 2.15 bits per heavy atom. The van der Waals surface area contributed by atoms with E-state index in [9.17, 15) is 4.79 Å². The molecule has 3 atom stereocenters. The quantitative estimate of drug-likeness (QED) is 0.747. The molecule has 1 amide bonds. The van der Waals surface area contributed by atoms with Gasteiger partial charge in [-0.1, -0.05) is 18.0 Å². The Morgan fingerprint density at radius 3 is 2.75 bits per heavy atom. The summed E-state index contributed by atoms with van der Waals surface area (Å²) in [6.07, 6.45) is 5.38. The van der Waals surface area contributed by atoms with Crippen molar-refractivity contribution in [1.29, 1.82) is 0 Å². The summed E-state index contributed by atoms with van der Waals surface area (Å²) < 4.78 is 0. The van der Waals surface area contributed by atoms with Gasteiger partial charge in [-0.3, -0.25) is 4.79 Å². The number of anilines is 2. The van der Waals surface area contributed by atoms with Crippen LogP contribution >= 0.6 is 11.6 Å². The molecule has 0 radical (unpaired) electrons. The number of primary amides is 1. The Morgan fingerprint density at radius 1 is 1.35 bits per heavy atom. The number of hydrogen-bond acceptors (Lipinski definition) is 3. The van der Waals surface area contributed by atoms with Gasteiger partial charge in [-0.15, -0.1) is 0 Å². The number of carbonyl (C=O) groups excluding carboxylic acids is 1. The molecule has 1 aromatic rings. The number of amides is 1. The third-order valence-corrected chi connectivity index (χ3v) is 5.10. The second-order valence-corrected chi connectivity index (χ2v) is 6.51. The van der Waals surface area contributed by atoms with E-state index < -0.39 is 5.91 Å². The van der Waals surface area contributed by atoms with Gasteiger partial charge < -0.3 is 16.8 Å². The van der Waals surface area contributed by atoms with Gasteiger partial charge in [-0.05, 0) is 49.1 Å². The molecule has 5 N–H and O–H groups in total. The van der Waals surface area contributed by atoms with Crippen molar-refractivity contribution < 1.29 is 4.79 Å². The van der Waals surface area contributed by atoms with Crippen LogP contribution in [-0.2, 0) is 0 Å². The van der Waals surface area contributed by atoms with Gasteiger partial charge in [0.2, 0.25) is 0 Å². The summed E-state index contributed by atoms with van der Waals surface area (Å²) >= 11 is 6.19. The molecule has 2 aliphatic rings. The molecule has 1 aromatic carbocycles. The minimum atomic E-state index is -0.505. The maximum atomic E-state index is 11.5. The third-order valence-electron chi connectivity index (χ3n) is 4.80. The molecule has 2 bridgehead atoms. The number of nitrogens with one attached hydrogen (secondary N) is 1. The highest BCUT2D eigenvalue weighted by Gasteiger charge is 2.39. The first kappa shape index (κ1) is 13.6. The first-order valence-corrected chi connectivity index (χ1v) is 7.55. The molecule has 0 spiro atoms. The fourth-order valence-electron chi connectivity index (χ4n) is 3.86. The zero-order valence-corrected chi connectivity index (χ0v) is 12.1. The number of rotatable bonds is 4. The van der Waals surface area contributed by atoms with Crippen LogP contribution in [0.25, 0.3) is 0 Å². The number of halogens is 1. The summed E-state index contributed by atoms with van der Waals surface area (Å²) in [7, 11) is 0. The highest BCUT2D eigenvalue weighted by Crippen LogP contribution is 2.48. The summed E-state index contributed by atoms with van der Waals surface area (Å²) in [4.78, 5) is 11.5. The minimum Gasteiger partial charge on any atom is -0.399 e. The molecule has 5 heteroatoms. The summed E-state index contributed by atoms with van der Waals surface area (Å²) in [6.45, 7) is 0.852. The predicted octanol–water partition coefficient (Wildman–Crippen LogP) is 2.87. The van der Waals surface area contributed by atoms with E-state index in [0.29, 0.717) is 27.9 Å². The maximum Gasteiger partial charge on any atom is 0.250 e. The van der Waals surface area contributed by atoms with E-state index in [4.69, 9.17) is 23.1 Å². The van der Waals surface area contributed by atoms with E-state index in [1.54, 1.807) is 12.1 Å². The molecule has 0 saturated heterocycles. The highest BCUT2D eigenvalue weighted by atomic mass is 35.5. The number of fused-ring (bicyclic) bond motifs is 2. The lowest BCUT2D eigenvalue weighted by Gasteiger charge is -2.23. The molecular weight excluding hydrogens is 274 g/mol. The first-order chi connectivity index (χ1) is 9.54. The smallest absolute Gasteiger partial charge is 0.250 e. The molecule has 0 aromatic heterocycles. The largest absolute Gasteiger partial charge is 0.399 e. The Kier molecular flexibility index (Phi) is 3.50. The van der Waals surface area contributed by atoms with Gasteiger partial charge in [-0.25, -0.2) is 0 Å². The van der Waals surface area contributed by atoms with Gasteiger partial charge in [0, 0.05) is 12.2 Å². The Hall–Kier alpha value is -1.42. The van der Waals surface area contributed by atoms with Crippen LogP contribution in [0.3, 0.4) is 0 Å². The van der Waals surface area contributed by atoms with Crippen molar-refractivity contribution in [2.24, 2.45) is 23.5 Å². The van der Waals surface area contributed by atoms with E-state index in [0.717, 1.165) is 18.4 Å². The average Bonchev–Trinajstić information content (AvgIpc) is 2.98. The second-order valence-electron chi connectivity index (χ2n) is 6.11. The lowest BCUT2D eigenvalue weighted by atomic mass is 9.89. The fraction of sp³-hybridized carbons (Fsp3) is 0.533. The number of nitrogens with two attached hydrogens (primary N) is 2.